The molecule has 4 rings (SSSR count). The highest BCUT2D eigenvalue weighted by molar-refractivity contribution is 7.80. The van der Waals surface area contributed by atoms with E-state index in [0.717, 1.165) is 12.1 Å². The predicted octanol–water partition coefficient (Wildman–Crippen LogP) is 4.40. The summed E-state index contributed by atoms with van der Waals surface area (Å²) in [6.45, 7) is 3.47. The zero-order valence-electron chi connectivity index (χ0n) is 19.1. The van der Waals surface area contributed by atoms with Gasteiger partial charge in [0.15, 0.2) is 5.11 Å². The second-order valence-corrected chi connectivity index (χ2v) is 8.62. The van der Waals surface area contributed by atoms with Gasteiger partial charge in [-0.1, -0.05) is 12.1 Å². The Kier molecular flexibility index (Phi) is 6.90. The third-order valence-corrected chi connectivity index (χ3v) is 6.46. The van der Waals surface area contributed by atoms with Crippen molar-refractivity contribution < 1.29 is 27.5 Å². The molecule has 1 saturated heterocycles. The standard InChI is InChI=1S/C24H22F4N4O3S/c1-2-30-13-15(22(34)35)21(33)14-11-17(25)20(12-19(14)30)31-7-9-32(10-8-31)23(36)29-18-6-4-3-5-16(18)24(26,27)28/h3-6,11-13H,2,7-10H2,1H3,(H,29,36)(H,34,35). The summed E-state index contributed by atoms with van der Waals surface area (Å²) in [6.07, 6.45) is -3.29. The summed E-state index contributed by atoms with van der Waals surface area (Å²) < 4.78 is 56.5. The Labute approximate surface area is 208 Å². The molecule has 36 heavy (non-hydrogen) atoms. The lowest BCUT2D eigenvalue weighted by Gasteiger charge is -2.37. The molecule has 1 aliphatic heterocycles. The SMILES string of the molecule is CCn1cc(C(=O)O)c(=O)c2cc(F)c(N3CCN(C(=S)Nc4ccccc4C(F)(F)F)CC3)cc21. The number of aromatic nitrogens is 1. The zero-order valence-corrected chi connectivity index (χ0v) is 19.9. The Hall–Kier alpha value is -3.67. The average Bonchev–Trinajstić information content (AvgIpc) is 2.84. The number of carbonyl (C=O) groups is 1. The van der Waals surface area contributed by atoms with E-state index in [2.05, 4.69) is 5.32 Å². The molecule has 1 fully saturated rings. The number of piperazine rings is 1. The topological polar surface area (TPSA) is 77.8 Å². The molecule has 0 spiro atoms. The number of pyridine rings is 1. The van der Waals surface area contributed by atoms with Crippen molar-refractivity contribution in [3.8, 4) is 0 Å². The number of para-hydroxylation sites is 1. The van der Waals surface area contributed by atoms with Gasteiger partial charge in [0.05, 0.1) is 22.5 Å². The lowest BCUT2D eigenvalue weighted by atomic mass is 10.1. The van der Waals surface area contributed by atoms with E-state index in [-0.39, 0.29) is 21.9 Å². The number of hydrogen-bond acceptors (Lipinski definition) is 4. The highest BCUT2D eigenvalue weighted by atomic mass is 32.1. The van der Waals surface area contributed by atoms with Gasteiger partial charge in [-0.25, -0.2) is 9.18 Å². The lowest BCUT2D eigenvalue weighted by Crippen LogP contribution is -2.50. The number of halogens is 4. The molecule has 1 aromatic heterocycles. The fraction of sp³-hybridized carbons (Fsp3) is 0.292. The molecule has 3 aromatic rings. The highest BCUT2D eigenvalue weighted by Crippen LogP contribution is 2.35. The van der Waals surface area contributed by atoms with E-state index in [0.29, 0.717) is 38.2 Å². The van der Waals surface area contributed by atoms with Crippen molar-refractivity contribution in [2.75, 3.05) is 36.4 Å². The normalized spacial score (nSPS) is 14.2. The highest BCUT2D eigenvalue weighted by Gasteiger charge is 2.34. The Morgan fingerprint density at radius 3 is 2.42 bits per heavy atom. The summed E-state index contributed by atoms with van der Waals surface area (Å²) >= 11 is 5.33. The number of carboxylic acids is 1. The largest absolute Gasteiger partial charge is 0.477 e. The Balaban J connectivity index is 1.54. The molecular weight excluding hydrogens is 500 g/mol. The van der Waals surface area contributed by atoms with Crippen molar-refractivity contribution in [2.45, 2.75) is 19.6 Å². The summed E-state index contributed by atoms with van der Waals surface area (Å²) in [7, 11) is 0. The van der Waals surface area contributed by atoms with Gasteiger partial charge in [0, 0.05) is 44.3 Å². The minimum atomic E-state index is -4.53. The van der Waals surface area contributed by atoms with Gasteiger partial charge in [-0.3, -0.25) is 4.79 Å². The third-order valence-electron chi connectivity index (χ3n) is 6.10. The van der Waals surface area contributed by atoms with Crippen molar-refractivity contribution in [1.82, 2.24) is 9.47 Å². The van der Waals surface area contributed by atoms with Crippen LogP contribution in [0.2, 0.25) is 0 Å². The predicted molar refractivity (Wildman–Crippen MR) is 132 cm³/mol. The fourth-order valence-electron chi connectivity index (χ4n) is 4.24. The number of thiocarbonyl (C=S) groups is 1. The van der Waals surface area contributed by atoms with Crippen LogP contribution in [0.3, 0.4) is 0 Å². The van der Waals surface area contributed by atoms with Gasteiger partial charge in [-0.2, -0.15) is 13.2 Å². The first-order valence-corrected chi connectivity index (χ1v) is 11.5. The van der Waals surface area contributed by atoms with Crippen LogP contribution in [0, 0.1) is 5.82 Å². The summed E-state index contributed by atoms with van der Waals surface area (Å²) in [5, 5.41) is 12.1. The van der Waals surface area contributed by atoms with E-state index >= 15 is 4.39 Å². The zero-order chi connectivity index (χ0) is 26.2. The second kappa shape index (κ2) is 9.76. The van der Waals surface area contributed by atoms with Crippen LogP contribution in [0.15, 0.2) is 47.4 Å². The van der Waals surface area contributed by atoms with Gasteiger partial charge in [-0.15, -0.1) is 0 Å². The van der Waals surface area contributed by atoms with E-state index in [1.165, 1.54) is 30.5 Å². The van der Waals surface area contributed by atoms with Gasteiger partial charge < -0.3 is 24.8 Å². The number of nitrogens with one attached hydrogen (secondary N) is 1. The van der Waals surface area contributed by atoms with Crippen molar-refractivity contribution in [1.29, 1.82) is 0 Å². The molecule has 12 heteroatoms. The summed E-state index contributed by atoms with van der Waals surface area (Å²) in [5.74, 6) is -2.05. The summed E-state index contributed by atoms with van der Waals surface area (Å²) in [4.78, 5) is 27.4. The van der Waals surface area contributed by atoms with Crippen LogP contribution < -0.4 is 15.6 Å². The quantitative estimate of drug-likeness (QED) is 0.389. The van der Waals surface area contributed by atoms with Gasteiger partial charge in [0.25, 0.3) is 0 Å². The molecule has 0 aliphatic carbocycles. The number of rotatable bonds is 4. The van der Waals surface area contributed by atoms with Crippen LogP contribution in [0.25, 0.3) is 10.9 Å². The molecule has 2 N–H and O–H groups in total. The molecule has 1 aliphatic rings. The molecule has 0 amide bonds. The van der Waals surface area contributed by atoms with E-state index in [4.69, 9.17) is 12.2 Å². The Bertz CT molecular complexity index is 1400. The third kappa shape index (κ3) is 4.85. The number of nitrogens with zero attached hydrogens (tertiary/aromatic N) is 3. The van der Waals surface area contributed by atoms with Crippen LogP contribution in [0.5, 0.6) is 0 Å². The molecule has 0 saturated carbocycles. The molecule has 7 nitrogen and oxygen atoms in total. The van der Waals surface area contributed by atoms with Crippen LogP contribution >= 0.6 is 12.2 Å². The second-order valence-electron chi connectivity index (χ2n) is 8.23. The number of anilines is 2. The molecule has 0 bridgehead atoms. The first-order chi connectivity index (χ1) is 17.0. The molecular formula is C24H22F4N4O3S. The molecule has 0 unspecified atom stereocenters. The first kappa shape index (κ1) is 25.4. The molecule has 2 heterocycles. The Morgan fingerprint density at radius 1 is 1.14 bits per heavy atom. The van der Waals surface area contributed by atoms with Crippen molar-refractivity contribution in [3.05, 3.63) is 69.8 Å². The number of benzene rings is 2. The van der Waals surface area contributed by atoms with Crippen molar-refractivity contribution in [3.63, 3.8) is 0 Å². The summed E-state index contributed by atoms with van der Waals surface area (Å²) in [5.41, 5.74) is -1.50. The number of aryl methyl sites for hydroxylation is 1. The van der Waals surface area contributed by atoms with Gasteiger partial charge in [0.2, 0.25) is 5.43 Å². The Morgan fingerprint density at radius 2 is 1.81 bits per heavy atom. The van der Waals surface area contributed by atoms with E-state index in [9.17, 15) is 27.9 Å². The minimum Gasteiger partial charge on any atom is -0.477 e. The van der Waals surface area contributed by atoms with E-state index < -0.39 is 34.5 Å². The number of carboxylic acid groups (broad SMARTS) is 1. The monoisotopic (exact) mass is 522 g/mol. The van der Waals surface area contributed by atoms with Crippen LogP contribution in [0.4, 0.5) is 28.9 Å². The molecule has 2 aromatic carbocycles. The van der Waals surface area contributed by atoms with Gasteiger partial charge in [0.1, 0.15) is 11.4 Å². The summed E-state index contributed by atoms with van der Waals surface area (Å²) in [6, 6.07) is 7.63. The minimum absolute atomic E-state index is 0.0228. The van der Waals surface area contributed by atoms with Crippen molar-refractivity contribution in [2.24, 2.45) is 0 Å². The van der Waals surface area contributed by atoms with Gasteiger partial charge >= 0.3 is 12.1 Å². The van der Waals surface area contributed by atoms with Crippen molar-refractivity contribution >= 4 is 45.6 Å². The van der Waals surface area contributed by atoms with E-state index in [1.54, 1.807) is 21.3 Å². The van der Waals surface area contributed by atoms with Crippen LogP contribution in [-0.4, -0.2) is 51.8 Å². The van der Waals surface area contributed by atoms with E-state index in [1.807, 2.05) is 0 Å². The molecule has 0 radical (unpaired) electrons. The number of aromatic carboxylic acids is 1. The van der Waals surface area contributed by atoms with Crippen LogP contribution in [-0.2, 0) is 12.7 Å². The first-order valence-electron chi connectivity index (χ1n) is 11.1. The number of alkyl halides is 3. The lowest BCUT2D eigenvalue weighted by molar-refractivity contribution is -0.136. The maximum atomic E-state index is 15.1. The maximum Gasteiger partial charge on any atom is 0.418 e. The molecule has 190 valence electrons. The molecule has 0 atom stereocenters. The smallest absolute Gasteiger partial charge is 0.418 e. The average molecular weight is 523 g/mol. The maximum absolute atomic E-state index is 15.1. The number of hydrogen-bond donors (Lipinski definition) is 2. The van der Waals surface area contributed by atoms with Crippen LogP contribution in [0.1, 0.15) is 22.8 Å². The fourth-order valence-corrected chi connectivity index (χ4v) is 4.53. The van der Waals surface area contributed by atoms with Gasteiger partial charge in [-0.05, 0) is 43.4 Å². The number of fused-ring (bicyclic) bond motifs is 1.